The highest BCUT2D eigenvalue weighted by molar-refractivity contribution is 5.57. The van der Waals surface area contributed by atoms with E-state index in [9.17, 15) is 4.39 Å². The predicted molar refractivity (Wildman–Crippen MR) is 133 cm³/mol. The first kappa shape index (κ1) is 23.3. The van der Waals surface area contributed by atoms with E-state index in [1.165, 1.54) is 31.0 Å². The minimum absolute atomic E-state index is 0.160. The van der Waals surface area contributed by atoms with Gasteiger partial charge in [-0.25, -0.2) is 4.39 Å². The molecule has 184 valence electrons. The maximum atomic E-state index is 14.3. The number of piperazine rings is 1. The summed E-state index contributed by atoms with van der Waals surface area (Å²) in [6, 6.07) is 6.40. The Morgan fingerprint density at radius 1 is 1.09 bits per heavy atom. The quantitative estimate of drug-likeness (QED) is 0.699. The number of aromatic nitrogens is 2. The first-order chi connectivity index (χ1) is 16.6. The van der Waals surface area contributed by atoms with Gasteiger partial charge in [-0.2, -0.15) is 9.97 Å². The molecule has 3 aliphatic heterocycles. The fraction of sp³-hybridized carbons (Fsp3) is 0.615. The van der Waals surface area contributed by atoms with Gasteiger partial charge < -0.3 is 24.8 Å². The number of halogens is 1. The van der Waals surface area contributed by atoms with E-state index >= 15 is 0 Å². The third kappa shape index (κ3) is 4.98. The van der Waals surface area contributed by atoms with Crippen LogP contribution in [-0.4, -0.2) is 73.8 Å². The Balaban J connectivity index is 1.42. The summed E-state index contributed by atoms with van der Waals surface area (Å²) in [5.74, 6) is 0.865. The molecule has 34 heavy (non-hydrogen) atoms. The molecular formula is C26H37FN6O. The van der Waals surface area contributed by atoms with Crippen LogP contribution in [0, 0.1) is 12.7 Å². The third-order valence-corrected chi connectivity index (χ3v) is 7.60. The van der Waals surface area contributed by atoms with Gasteiger partial charge in [0.1, 0.15) is 11.6 Å². The smallest absolute Gasteiger partial charge is 0.318 e. The van der Waals surface area contributed by atoms with E-state index in [1.54, 1.807) is 6.07 Å². The van der Waals surface area contributed by atoms with Crippen molar-refractivity contribution in [1.29, 1.82) is 0 Å². The van der Waals surface area contributed by atoms with E-state index in [0.29, 0.717) is 30.8 Å². The zero-order chi connectivity index (χ0) is 23.5. The topological polar surface area (TPSA) is 56.8 Å². The van der Waals surface area contributed by atoms with Crippen LogP contribution < -0.4 is 19.9 Å². The zero-order valence-corrected chi connectivity index (χ0v) is 20.5. The molecule has 1 aromatic heterocycles. The van der Waals surface area contributed by atoms with Crippen LogP contribution in [0.4, 0.5) is 15.9 Å². The molecule has 1 unspecified atom stereocenters. The van der Waals surface area contributed by atoms with Gasteiger partial charge in [-0.15, -0.1) is 0 Å². The van der Waals surface area contributed by atoms with E-state index < -0.39 is 0 Å². The molecule has 5 rings (SSSR count). The van der Waals surface area contributed by atoms with Gasteiger partial charge in [0.25, 0.3) is 0 Å². The summed E-state index contributed by atoms with van der Waals surface area (Å²) in [5, 5.41) is 3.44. The minimum Gasteiger partial charge on any atom is -0.463 e. The Bertz CT molecular complexity index is 995. The van der Waals surface area contributed by atoms with Crippen molar-refractivity contribution in [2.45, 2.75) is 51.6 Å². The maximum absolute atomic E-state index is 14.3. The lowest BCUT2D eigenvalue weighted by atomic mass is 10.1. The minimum atomic E-state index is -0.160. The van der Waals surface area contributed by atoms with Crippen molar-refractivity contribution < 1.29 is 9.13 Å². The Kier molecular flexibility index (Phi) is 7.15. The molecule has 0 radical (unpaired) electrons. The highest BCUT2D eigenvalue weighted by Crippen LogP contribution is 2.32. The lowest BCUT2D eigenvalue weighted by Crippen LogP contribution is -2.44. The van der Waals surface area contributed by atoms with Crippen LogP contribution in [0.3, 0.4) is 0 Å². The molecule has 1 aromatic carbocycles. The number of benzene rings is 1. The molecule has 0 bridgehead atoms. The molecule has 4 heterocycles. The van der Waals surface area contributed by atoms with Gasteiger partial charge in [0.15, 0.2) is 0 Å². The summed E-state index contributed by atoms with van der Waals surface area (Å²) in [5.41, 5.74) is 3.88. The summed E-state index contributed by atoms with van der Waals surface area (Å²) < 4.78 is 20.5. The van der Waals surface area contributed by atoms with Gasteiger partial charge in [-0.3, -0.25) is 0 Å². The maximum Gasteiger partial charge on any atom is 0.318 e. The Labute approximate surface area is 202 Å². The summed E-state index contributed by atoms with van der Waals surface area (Å²) >= 11 is 0. The molecule has 2 fully saturated rings. The normalized spacial score (nSPS) is 21.4. The second-order valence-electron chi connectivity index (χ2n) is 9.81. The molecule has 3 aliphatic rings. The average Bonchev–Trinajstić information content (AvgIpc) is 3.13. The molecule has 0 amide bonds. The Morgan fingerprint density at radius 3 is 2.74 bits per heavy atom. The Hall–Kier alpha value is -2.45. The van der Waals surface area contributed by atoms with Crippen molar-refractivity contribution >= 4 is 11.5 Å². The monoisotopic (exact) mass is 468 g/mol. The SMILES string of the molecule is Cc1c(F)cccc1N1CCCc2c(nc(OCCC3CCCN3C)nc2N2CCNCC2)C1. The number of anilines is 2. The van der Waals surface area contributed by atoms with Crippen LogP contribution in [0.15, 0.2) is 18.2 Å². The number of rotatable bonds is 6. The van der Waals surface area contributed by atoms with Crippen molar-refractivity contribution in [3.8, 4) is 6.01 Å². The number of fused-ring (bicyclic) bond motifs is 1. The molecule has 1 atom stereocenters. The zero-order valence-electron chi connectivity index (χ0n) is 20.5. The van der Waals surface area contributed by atoms with E-state index in [2.05, 4.69) is 27.1 Å². The van der Waals surface area contributed by atoms with Crippen molar-refractivity contribution in [2.24, 2.45) is 0 Å². The lowest BCUT2D eigenvalue weighted by molar-refractivity contribution is 0.222. The number of nitrogens with zero attached hydrogens (tertiary/aromatic N) is 5. The van der Waals surface area contributed by atoms with Crippen LogP contribution in [0.25, 0.3) is 0 Å². The number of likely N-dealkylation sites (tertiary alicyclic amines) is 1. The van der Waals surface area contributed by atoms with E-state index in [4.69, 9.17) is 14.7 Å². The van der Waals surface area contributed by atoms with E-state index in [1.807, 2.05) is 13.0 Å². The molecule has 0 aliphatic carbocycles. The molecule has 0 spiro atoms. The van der Waals surface area contributed by atoms with Crippen molar-refractivity contribution in [3.05, 3.63) is 40.8 Å². The predicted octanol–water partition coefficient (Wildman–Crippen LogP) is 3.15. The molecule has 0 saturated carbocycles. The third-order valence-electron chi connectivity index (χ3n) is 7.60. The van der Waals surface area contributed by atoms with Gasteiger partial charge in [-0.05, 0) is 64.8 Å². The largest absolute Gasteiger partial charge is 0.463 e. The van der Waals surface area contributed by atoms with Gasteiger partial charge >= 0.3 is 6.01 Å². The molecule has 2 aromatic rings. The highest BCUT2D eigenvalue weighted by atomic mass is 19.1. The Morgan fingerprint density at radius 2 is 1.94 bits per heavy atom. The van der Waals surface area contributed by atoms with Gasteiger partial charge in [0, 0.05) is 55.6 Å². The van der Waals surface area contributed by atoms with Crippen LogP contribution in [-0.2, 0) is 13.0 Å². The highest BCUT2D eigenvalue weighted by Gasteiger charge is 2.26. The van der Waals surface area contributed by atoms with Crippen LogP contribution >= 0.6 is 0 Å². The number of ether oxygens (including phenoxy) is 1. The second-order valence-corrected chi connectivity index (χ2v) is 9.81. The van der Waals surface area contributed by atoms with Gasteiger partial charge in [0.05, 0.1) is 18.8 Å². The second kappa shape index (κ2) is 10.4. The summed E-state index contributed by atoms with van der Waals surface area (Å²) in [4.78, 5) is 16.9. The summed E-state index contributed by atoms with van der Waals surface area (Å²) in [6.07, 6.45) is 5.40. The number of hydrogen-bond donors (Lipinski definition) is 1. The molecule has 7 nitrogen and oxygen atoms in total. The van der Waals surface area contributed by atoms with E-state index in [-0.39, 0.29) is 5.82 Å². The summed E-state index contributed by atoms with van der Waals surface area (Å²) in [7, 11) is 2.20. The summed E-state index contributed by atoms with van der Waals surface area (Å²) in [6.45, 7) is 8.94. The van der Waals surface area contributed by atoms with Crippen molar-refractivity contribution in [1.82, 2.24) is 20.2 Å². The van der Waals surface area contributed by atoms with Gasteiger partial charge in [-0.1, -0.05) is 6.07 Å². The standard InChI is InChI=1S/C26H37FN6O/c1-19-22(27)8-3-9-24(19)33-14-5-7-21-23(18-33)29-26(30-25(21)32-15-11-28-12-16-32)34-17-10-20-6-4-13-31(20)2/h3,8-9,20,28H,4-7,10-18H2,1-2H3. The molecule has 2 saturated heterocycles. The lowest BCUT2D eigenvalue weighted by Gasteiger charge is -2.31. The van der Waals surface area contributed by atoms with E-state index in [0.717, 1.165) is 69.2 Å². The number of hydrogen-bond acceptors (Lipinski definition) is 7. The molecule has 8 heteroatoms. The van der Waals surface area contributed by atoms with Crippen LogP contribution in [0.5, 0.6) is 6.01 Å². The van der Waals surface area contributed by atoms with Crippen LogP contribution in [0.1, 0.15) is 42.5 Å². The molecule has 1 N–H and O–H groups in total. The average molecular weight is 469 g/mol. The molecular weight excluding hydrogens is 431 g/mol. The van der Waals surface area contributed by atoms with Crippen molar-refractivity contribution in [3.63, 3.8) is 0 Å². The fourth-order valence-electron chi connectivity index (χ4n) is 5.57. The van der Waals surface area contributed by atoms with Gasteiger partial charge in [0.2, 0.25) is 0 Å². The first-order valence-corrected chi connectivity index (χ1v) is 12.8. The number of nitrogens with one attached hydrogen (secondary N) is 1. The van der Waals surface area contributed by atoms with Crippen molar-refractivity contribution in [2.75, 3.05) is 62.7 Å². The van der Waals surface area contributed by atoms with Crippen LogP contribution in [0.2, 0.25) is 0 Å². The first-order valence-electron chi connectivity index (χ1n) is 12.8. The fourth-order valence-corrected chi connectivity index (χ4v) is 5.57.